The molecule has 0 saturated heterocycles. The van der Waals surface area contributed by atoms with Gasteiger partial charge in [0.15, 0.2) is 17.3 Å². The Hall–Kier alpha value is -4.78. The molecule has 0 fully saturated rings. The lowest BCUT2D eigenvalue weighted by molar-refractivity contribution is 0.174. The number of nitrogens with zero attached hydrogens (tertiary/aromatic N) is 4. The van der Waals surface area contributed by atoms with Gasteiger partial charge in [0.25, 0.3) is 0 Å². The Morgan fingerprint density at radius 1 is 0.735 bits per heavy atom. The maximum Gasteiger partial charge on any atom is 0.231 e. The summed E-state index contributed by atoms with van der Waals surface area (Å²) >= 11 is 0. The summed E-state index contributed by atoms with van der Waals surface area (Å²) < 4.78 is 11.7. The minimum Gasteiger partial charge on any atom is -0.454 e. The molecule has 7 nitrogen and oxygen atoms in total. The van der Waals surface area contributed by atoms with Crippen molar-refractivity contribution >= 4 is 21.9 Å². The van der Waals surface area contributed by atoms with E-state index in [2.05, 4.69) is 21.0 Å². The van der Waals surface area contributed by atoms with Crippen LogP contribution in [0.1, 0.15) is 0 Å². The van der Waals surface area contributed by atoms with Crippen molar-refractivity contribution in [2.24, 2.45) is 0 Å². The smallest absolute Gasteiger partial charge is 0.231 e. The van der Waals surface area contributed by atoms with Crippen LogP contribution in [0.2, 0.25) is 0 Å². The highest BCUT2D eigenvalue weighted by atomic mass is 16.7. The zero-order chi connectivity index (χ0) is 22.5. The Labute approximate surface area is 194 Å². The van der Waals surface area contributed by atoms with Crippen LogP contribution < -0.4 is 9.47 Å². The van der Waals surface area contributed by atoms with Crippen molar-refractivity contribution in [3.05, 3.63) is 85.2 Å². The molecule has 3 aromatic carbocycles. The molecule has 1 N–H and O–H groups in total. The summed E-state index contributed by atoms with van der Waals surface area (Å²) in [7, 11) is 0. The van der Waals surface area contributed by atoms with Gasteiger partial charge in [0.1, 0.15) is 5.82 Å². The second kappa shape index (κ2) is 7.38. The third-order valence-electron chi connectivity index (χ3n) is 5.95. The van der Waals surface area contributed by atoms with Gasteiger partial charge in [0.05, 0.1) is 27.8 Å². The monoisotopic (exact) mass is 443 g/mol. The van der Waals surface area contributed by atoms with E-state index in [4.69, 9.17) is 19.4 Å². The molecule has 0 amide bonds. The molecule has 34 heavy (non-hydrogen) atoms. The number of aromatic amines is 1. The van der Waals surface area contributed by atoms with E-state index < -0.39 is 0 Å². The lowest BCUT2D eigenvalue weighted by Gasteiger charge is -2.16. The van der Waals surface area contributed by atoms with Crippen LogP contribution in [0.25, 0.3) is 56.0 Å². The third kappa shape index (κ3) is 2.91. The molecule has 7 rings (SSSR count). The minimum atomic E-state index is 0.128. The standard InChI is InChI=1S/C27H17N5O2/c1-2-7-18-16(6-1)10-11-21(30-18)23-17(26-31-19-8-3-4-9-20(19)32-26)14-22-25(34-15-33-22)24(23)27-28-12-5-13-29-27/h1-14H,15H2,(H,31,32). The Morgan fingerprint density at radius 3 is 2.44 bits per heavy atom. The predicted octanol–water partition coefficient (Wildman–Crippen LogP) is 5.63. The molecule has 0 saturated carbocycles. The van der Waals surface area contributed by atoms with Crippen molar-refractivity contribution in [3.63, 3.8) is 0 Å². The van der Waals surface area contributed by atoms with Crippen LogP contribution in [0.15, 0.2) is 85.2 Å². The van der Waals surface area contributed by atoms with Crippen LogP contribution in [-0.2, 0) is 0 Å². The van der Waals surface area contributed by atoms with Gasteiger partial charge in [-0.1, -0.05) is 36.4 Å². The van der Waals surface area contributed by atoms with Crippen LogP contribution >= 0.6 is 0 Å². The third-order valence-corrected chi connectivity index (χ3v) is 5.95. The molecule has 1 aliphatic rings. The Bertz CT molecular complexity index is 1660. The minimum absolute atomic E-state index is 0.128. The Balaban J connectivity index is 1.60. The highest BCUT2D eigenvalue weighted by Crippen LogP contribution is 2.50. The average Bonchev–Trinajstić information content (AvgIpc) is 3.54. The maximum absolute atomic E-state index is 5.92. The number of benzene rings is 3. The Morgan fingerprint density at radius 2 is 1.56 bits per heavy atom. The average molecular weight is 443 g/mol. The summed E-state index contributed by atoms with van der Waals surface area (Å²) in [6.45, 7) is 0.128. The fourth-order valence-corrected chi connectivity index (χ4v) is 4.42. The van der Waals surface area contributed by atoms with Gasteiger partial charge in [-0.25, -0.2) is 19.9 Å². The van der Waals surface area contributed by atoms with Gasteiger partial charge in [0.2, 0.25) is 6.79 Å². The van der Waals surface area contributed by atoms with Crippen molar-refractivity contribution in [3.8, 4) is 45.5 Å². The van der Waals surface area contributed by atoms with E-state index >= 15 is 0 Å². The largest absolute Gasteiger partial charge is 0.454 e. The van der Waals surface area contributed by atoms with E-state index in [1.807, 2.05) is 60.7 Å². The second-order valence-corrected chi connectivity index (χ2v) is 7.97. The van der Waals surface area contributed by atoms with E-state index in [1.165, 1.54) is 0 Å². The number of hydrogen-bond donors (Lipinski definition) is 1. The van der Waals surface area contributed by atoms with E-state index in [0.29, 0.717) is 23.1 Å². The first kappa shape index (κ1) is 18.8. The molecule has 3 aromatic heterocycles. The van der Waals surface area contributed by atoms with Crippen LogP contribution in [0.5, 0.6) is 11.5 Å². The van der Waals surface area contributed by atoms with Crippen molar-refractivity contribution < 1.29 is 9.47 Å². The van der Waals surface area contributed by atoms with Gasteiger partial charge >= 0.3 is 0 Å². The Kier molecular flexibility index (Phi) is 4.07. The first-order valence-corrected chi connectivity index (χ1v) is 10.9. The highest BCUT2D eigenvalue weighted by molar-refractivity contribution is 5.98. The van der Waals surface area contributed by atoms with Crippen LogP contribution in [0.4, 0.5) is 0 Å². The van der Waals surface area contributed by atoms with Crippen LogP contribution in [0.3, 0.4) is 0 Å². The molecule has 0 unspecified atom stereocenters. The summed E-state index contributed by atoms with van der Waals surface area (Å²) in [6.07, 6.45) is 3.44. The van der Waals surface area contributed by atoms with E-state index in [1.54, 1.807) is 18.5 Å². The van der Waals surface area contributed by atoms with Crippen molar-refractivity contribution in [1.82, 2.24) is 24.9 Å². The van der Waals surface area contributed by atoms with Gasteiger partial charge in [0, 0.05) is 28.9 Å². The van der Waals surface area contributed by atoms with Gasteiger partial charge in [-0.05, 0) is 36.4 Å². The second-order valence-electron chi connectivity index (χ2n) is 7.97. The van der Waals surface area contributed by atoms with E-state index in [9.17, 15) is 0 Å². The van der Waals surface area contributed by atoms with Crippen molar-refractivity contribution in [2.45, 2.75) is 0 Å². The number of para-hydroxylation sites is 3. The topological polar surface area (TPSA) is 85.8 Å². The van der Waals surface area contributed by atoms with Crippen molar-refractivity contribution in [1.29, 1.82) is 0 Å². The lowest BCUT2D eigenvalue weighted by Crippen LogP contribution is -1.99. The van der Waals surface area contributed by atoms with Gasteiger partial charge in [-0.2, -0.15) is 0 Å². The predicted molar refractivity (Wildman–Crippen MR) is 129 cm³/mol. The summed E-state index contributed by atoms with van der Waals surface area (Å²) in [5.41, 5.74) is 5.90. The SMILES string of the molecule is c1cnc(-c2c3c(cc(-c4nc5ccccc5[nH]4)c2-c2ccc4ccccc4n2)OCO3)nc1. The molecule has 0 atom stereocenters. The molecule has 0 aliphatic carbocycles. The molecule has 1 aliphatic heterocycles. The molecular formula is C27H17N5O2. The van der Waals surface area contributed by atoms with Gasteiger partial charge in [-0.3, -0.25) is 0 Å². The number of rotatable bonds is 3. The lowest BCUT2D eigenvalue weighted by atomic mass is 9.94. The summed E-state index contributed by atoms with van der Waals surface area (Å²) in [5.74, 6) is 2.48. The normalized spacial score (nSPS) is 12.5. The van der Waals surface area contributed by atoms with Crippen molar-refractivity contribution in [2.75, 3.05) is 6.79 Å². The quantitative estimate of drug-likeness (QED) is 0.381. The fourth-order valence-electron chi connectivity index (χ4n) is 4.42. The van der Waals surface area contributed by atoms with Crippen LogP contribution in [0, 0.1) is 0 Å². The van der Waals surface area contributed by atoms with E-state index in [0.717, 1.165) is 44.3 Å². The fraction of sp³-hybridized carbons (Fsp3) is 0.0370. The number of fused-ring (bicyclic) bond motifs is 3. The first-order chi connectivity index (χ1) is 16.8. The number of H-pyrrole nitrogens is 1. The van der Waals surface area contributed by atoms with Crippen LogP contribution in [-0.4, -0.2) is 31.7 Å². The molecule has 0 radical (unpaired) electrons. The molecule has 0 spiro atoms. The zero-order valence-corrected chi connectivity index (χ0v) is 17.9. The molecule has 7 heteroatoms. The number of aromatic nitrogens is 5. The van der Waals surface area contributed by atoms with Gasteiger partial charge in [-0.15, -0.1) is 0 Å². The maximum atomic E-state index is 5.92. The molecule has 0 bridgehead atoms. The number of ether oxygens (including phenoxy) is 2. The summed E-state index contributed by atoms with van der Waals surface area (Å²) in [5, 5.41) is 1.06. The van der Waals surface area contributed by atoms with Gasteiger partial charge < -0.3 is 14.5 Å². The number of imidazole rings is 1. The number of nitrogens with one attached hydrogen (secondary N) is 1. The summed E-state index contributed by atoms with van der Waals surface area (Å²) in [6, 6.07) is 23.8. The summed E-state index contributed by atoms with van der Waals surface area (Å²) in [4.78, 5) is 22.4. The molecule has 6 aromatic rings. The first-order valence-electron chi connectivity index (χ1n) is 10.9. The highest BCUT2D eigenvalue weighted by Gasteiger charge is 2.29. The van der Waals surface area contributed by atoms with E-state index in [-0.39, 0.29) is 6.79 Å². The molecular weight excluding hydrogens is 426 g/mol. The number of pyridine rings is 1. The zero-order valence-electron chi connectivity index (χ0n) is 17.9. The molecule has 4 heterocycles. The number of hydrogen-bond acceptors (Lipinski definition) is 6. The molecule has 162 valence electrons.